The van der Waals surface area contributed by atoms with Gasteiger partial charge >= 0.3 is 0 Å². The summed E-state index contributed by atoms with van der Waals surface area (Å²) in [5.74, 6) is -0.858. The van der Waals surface area contributed by atoms with Crippen molar-refractivity contribution in [2.75, 3.05) is 38.2 Å². The standard InChI is InChI=1S/C16H16FN3O4S/c1-24-14-10-12(13(20(22)23)9-11(14)17)18-4-6-19(7-5-18)16(21)15-3-2-8-25-15/h2-3,8-10H,4-7H2,1H3. The van der Waals surface area contributed by atoms with Crippen molar-refractivity contribution in [2.45, 2.75) is 0 Å². The molecule has 2 aromatic rings. The lowest BCUT2D eigenvalue weighted by molar-refractivity contribution is -0.384. The first-order chi connectivity index (χ1) is 12.0. The monoisotopic (exact) mass is 365 g/mol. The Morgan fingerprint density at radius 2 is 2.04 bits per heavy atom. The summed E-state index contributed by atoms with van der Waals surface area (Å²) in [6.45, 7) is 1.72. The molecule has 1 aliphatic heterocycles. The molecule has 1 saturated heterocycles. The highest BCUT2D eigenvalue weighted by atomic mass is 32.1. The number of ether oxygens (including phenoxy) is 1. The van der Waals surface area contributed by atoms with Gasteiger partial charge in [0.25, 0.3) is 11.6 Å². The molecule has 1 aromatic heterocycles. The van der Waals surface area contributed by atoms with Crippen LogP contribution in [-0.2, 0) is 0 Å². The molecule has 9 heteroatoms. The summed E-state index contributed by atoms with van der Waals surface area (Å²) in [6, 6.07) is 5.80. The van der Waals surface area contributed by atoms with Gasteiger partial charge in [-0.25, -0.2) is 4.39 Å². The number of nitro benzene ring substituents is 1. The molecule has 0 N–H and O–H groups in total. The number of hydrogen-bond acceptors (Lipinski definition) is 6. The zero-order valence-electron chi connectivity index (χ0n) is 13.5. The van der Waals surface area contributed by atoms with E-state index < -0.39 is 10.7 Å². The second-order valence-corrected chi connectivity index (χ2v) is 6.44. The van der Waals surface area contributed by atoms with Gasteiger partial charge in [0.1, 0.15) is 5.69 Å². The summed E-state index contributed by atoms with van der Waals surface area (Å²) >= 11 is 1.38. The summed E-state index contributed by atoms with van der Waals surface area (Å²) in [6.07, 6.45) is 0. The van der Waals surface area contributed by atoms with Crippen LogP contribution in [0.25, 0.3) is 0 Å². The number of rotatable bonds is 4. The van der Waals surface area contributed by atoms with Crippen LogP contribution >= 0.6 is 11.3 Å². The van der Waals surface area contributed by atoms with E-state index >= 15 is 0 Å². The Labute approximate surface area is 147 Å². The van der Waals surface area contributed by atoms with E-state index in [0.29, 0.717) is 36.7 Å². The van der Waals surface area contributed by atoms with Crippen molar-refractivity contribution < 1.29 is 18.8 Å². The number of nitro groups is 1. The summed E-state index contributed by atoms with van der Waals surface area (Å²) in [7, 11) is 1.31. The van der Waals surface area contributed by atoms with Gasteiger partial charge in [-0.2, -0.15) is 0 Å². The lowest BCUT2D eigenvalue weighted by atomic mass is 10.2. The molecule has 2 heterocycles. The minimum absolute atomic E-state index is 0.0409. The number of carbonyl (C=O) groups is 1. The quantitative estimate of drug-likeness (QED) is 0.615. The molecular weight excluding hydrogens is 349 g/mol. The Bertz CT molecular complexity index is 789. The largest absolute Gasteiger partial charge is 0.494 e. The van der Waals surface area contributed by atoms with E-state index in [0.717, 1.165) is 6.07 Å². The molecule has 3 rings (SSSR count). The Kier molecular flexibility index (Phi) is 4.84. The Balaban J connectivity index is 1.78. The smallest absolute Gasteiger partial charge is 0.295 e. The van der Waals surface area contributed by atoms with E-state index in [1.807, 2.05) is 11.4 Å². The van der Waals surface area contributed by atoms with Gasteiger partial charge in [0.15, 0.2) is 11.6 Å². The minimum Gasteiger partial charge on any atom is -0.494 e. The summed E-state index contributed by atoms with van der Waals surface area (Å²) in [4.78, 5) is 27.2. The van der Waals surface area contributed by atoms with E-state index in [1.54, 1.807) is 15.9 Å². The number of hydrogen-bond donors (Lipinski definition) is 0. The molecule has 1 amide bonds. The molecule has 7 nitrogen and oxygen atoms in total. The van der Waals surface area contributed by atoms with Crippen LogP contribution in [0.15, 0.2) is 29.6 Å². The second-order valence-electron chi connectivity index (χ2n) is 5.49. The molecule has 0 bridgehead atoms. The highest BCUT2D eigenvalue weighted by molar-refractivity contribution is 7.12. The predicted octanol–water partition coefficient (Wildman–Crippen LogP) is 2.77. The summed E-state index contributed by atoms with van der Waals surface area (Å²) in [5, 5.41) is 13.1. The number of carbonyl (C=O) groups excluding carboxylic acids is 1. The third kappa shape index (κ3) is 3.41. The zero-order valence-corrected chi connectivity index (χ0v) is 14.3. The normalized spacial score (nSPS) is 14.5. The summed E-state index contributed by atoms with van der Waals surface area (Å²) in [5.41, 5.74) is -0.0113. The van der Waals surface area contributed by atoms with Crippen LogP contribution in [-0.4, -0.2) is 49.0 Å². The fourth-order valence-electron chi connectivity index (χ4n) is 2.79. The minimum atomic E-state index is -0.774. The predicted molar refractivity (Wildman–Crippen MR) is 92.0 cm³/mol. The van der Waals surface area contributed by atoms with Gasteiger partial charge in [0, 0.05) is 32.2 Å². The lowest BCUT2D eigenvalue weighted by Gasteiger charge is -2.35. The number of halogens is 1. The van der Waals surface area contributed by atoms with E-state index in [9.17, 15) is 19.3 Å². The summed E-state index contributed by atoms with van der Waals surface area (Å²) < 4.78 is 18.7. The SMILES string of the molecule is COc1cc(N2CCN(C(=O)c3cccs3)CC2)c([N+](=O)[O-])cc1F. The fourth-order valence-corrected chi connectivity index (χ4v) is 3.49. The Morgan fingerprint density at radius 1 is 1.32 bits per heavy atom. The molecule has 1 aromatic carbocycles. The van der Waals surface area contributed by atoms with Crippen LogP contribution in [0.1, 0.15) is 9.67 Å². The van der Waals surface area contributed by atoms with Gasteiger partial charge in [0.05, 0.1) is 23.0 Å². The third-order valence-corrected chi connectivity index (χ3v) is 4.94. The molecule has 0 radical (unpaired) electrons. The number of benzene rings is 1. The van der Waals surface area contributed by atoms with Crippen molar-refractivity contribution in [3.63, 3.8) is 0 Å². The highest BCUT2D eigenvalue weighted by Gasteiger charge is 2.28. The van der Waals surface area contributed by atoms with Gasteiger partial charge in [-0.3, -0.25) is 14.9 Å². The van der Waals surface area contributed by atoms with E-state index in [-0.39, 0.29) is 17.3 Å². The molecule has 0 aliphatic carbocycles. The lowest BCUT2D eigenvalue weighted by Crippen LogP contribution is -2.48. The van der Waals surface area contributed by atoms with Crippen LogP contribution in [0, 0.1) is 15.9 Å². The molecule has 0 unspecified atom stereocenters. The van der Waals surface area contributed by atoms with E-state index in [4.69, 9.17) is 4.74 Å². The zero-order chi connectivity index (χ0) is 18.0. The maximum atomic E-state index is 13.8. The second kappa shape index (κ2) is 7.06. The van der Waals surface area contributed by atoms with Crippen molar-refractivity contribution in [3.8, 4) is 5.75 Å². The number of methoxy groups -OCH3 is 1. The molecule has 0 atom stereocenters. The molecule has 1 fully saturated rings. The fraction of sp³-hybridized carbons (Fsp3) is 0.312. The molecule has 1 aliphatic rings. The number of piperazine rings is 1. The Morgan fingerprint density at radius 3 is 2.60 bits per heavy atom. The van der Waals surface area contributed by atoms with E-state index in [1.165, 1.54) is 24.5 Å². The van der Waals surface area contributed by atoms with Crippen molar-refractivity contribution >= 4 is 28.6 Å². The molecular formula is C16H16FN3O4S. The average molecular weight is 365 g/mol. The van der Waals surface area contributed by atoms with Gasteiger partial charge in [-0.15, -0.1) is 11.3 Å². The van der Waals surface area contributed by atoms with Crippen molar-refractivity contribution in [1.29, 1.82) is 0 Å². The van der Waals surface area contributed by atoms with Crippen LogP contribution in [0.2, 0.25) is 0 Å². The first kappa shape index (κ1) is 17.2. The van der Waals surface area contributed by atoms with Crippen LogP contribution < -0.4 is 9.64 Å². The number of amides is 1. The first-order valence-electron chi connectivity index (χ1n) is 7.61. The van der Waals surface area contributed by atoms with Crippen LogP contribution in [0.4, 0.5) is 15.8 Å². The van der Waals surface area contributed by atoms with Crippen molar-refractivity contribution in [2.24, 2.45) is 0 Å². The average Bonchev–Trinajstić information content (AvgIpc) is 3.15. The molecule has 0 spiro atoms. The Hall–Kier alpha value is -2.68. The first-order valence-corrected chi connectivity index (χ1v) is 8.49. The topological polar surface area (TPSA) is 75.9 Å². The maximum absolute atomic E-state index is 13.8. The van der Waals surface area contributed by atoms with Crippen molar-refractivity contribution in [1.82, 2.24) is 4.90 Å². The maximum Gasteiger partial charge on any atom is 0.295 e. The molecule has 0 saturated carbocycles. The highest BCUT2D eigenvalue weighted by Crippen LogP contribution is 2.35. The van der Waals surface area contributed by atoms with Gasteiger partial charge in [-0.1, -0.05) is 6.07 Å². The van der Waals surface area contributed by atoms with Crippen molar-refractivity contribution in [3.05, 3.63) is 50.5 Å². The third-order valence-electron chi connectivity index (χ3n) is 4.09. The van der Waals surface area contributed by atoms with E-state index in [2.05, 4.69) is 0 Å². The number of nitrogens with zero attached hydrogens (tertiary/aromatic N) is 3. The van der Waals surface area contributed by atoms with Crippen LogP contribution in [0.3, 0.4) is 0 Å². The van der Waals surface area contributed by atoms with Gasteiger partial charge in [0.2, 0.25) is 0 Å². The number of thiophene rings is 1. The van der Waals surface area contributed by atoms with Gasteiger partial charge < -0.3 is 14.5 Å². The van der Waals surface area contributed by atoms with Crippen LogP contribution in [0.5, 0.6) is 5.75 Å². The number of anilines is 1. The van der Waals surface area contributed by atoms with Gasteiger partial charge in [-0.05, 0) is 11.4 Å². The molecule has 25 heavy (non-hydrogen) atoms. The molecule has 132 valence electrons.